The van der Waals surface area contributed by atoms with Crippen LogP contribution in [0, 0.1) is 11.7 Å². The Morgan fingerprint density at radius 2 is 2.25 bits per heavy atom. The van der Waals surface area contributed by atoms with Crippen molar-refractivity contribution in [2.45, 2.75) is 19.3 Å². The van der Waals surface area contributed by atoms with Gasteiger partial charge in [0.25, 0.3) is 0 Å². The summed E-state index contributed by atoms with van der Waals surface area (Å²) in [7, 11) is 0. The van der Waals surface area contributed by atoms with Crippen molar-refractivity contribution in [1.82, 2.24) is 0 Å². The van der Waals surface area contributed by atoms with Gasteiger partial charge in [0, 0.05) is 12.3 Å². The van der Waals surface area contributed by atoms with Crippen molar-refractivity contribution in [2.75, 3.05) is 6.61 Å². The summed E-state index contributed by atoms with van der Waals surface area (Å²) in [5.74, 6) is 0.531. The molecule has 1 saturated carbocycles. The molecule has 0 atom stereocenters. The number of ketones is 1. The molecule has 0 unspecified atom stereocenters. The van der Waals surface area contributed by atoms with Gasteiger partial charge in [-0.05, 0) is 31.0 Å². The van der Waals surface area contributed by atoms with Gasteiger partial charge in [-0.15, -0.1) is 0 Å². The molecule has 0 radical (unpaired) electrons. The summed E-state index contributed by atoms with van der Waals surface area (Å²) in [6, 6.07) is 3.95. The number of Topliss-reactive ketones (excluding diaryl/α,β-unsaturated/α-hetero) is 1. The van der Waals surface area contributed by atoms with E-state index in [1.807, 2.05) is 0 Å². The van der Waals surface area contributed by atoms with E-state index in [2.05, 4.69) is 0 Å². The first kappa shape index (κ1) is 11.4. The average molecular weight is 243 g/mol. The van der Waals surface area contributed by atoms with Crippen LogP contribution in [0.1, 0.15) is 19.3 Å². The maximum atomic E-state index is 12.7. The zero-order valence-corrected chi connectivity index (χ0v) is 9.47. The quantitative estimate of drug-likeness (QED) is 0.793. The van der Waals surface area contributed by atoms with E-state index in [9.17, 15) is 9.18 Å². The zero-order valence-electron chi connectivity index (χ0n) is 8.71. The van der Waals surface area contributed by atoms with Crippen LogP contribution >= 0.6 is 11.6 Å². The molecule has 0 amide bonds. The molecule has 1 aromatic rings. The standard InChI is InChI=1S/C12H12ClFO2/c13-10-7-9(14)3-4-12(10)16-6-5-11(15)8-1-2-8/h3-4,7-8H,1-2,5-6H2. The molecule has 1 aromatic carbocycles. The third-order valence-electron chi connectivity index (χ3n) is 2.53. The van der Waals surface area contributed by atoms with Crippen molar-refractivity contribution in [1.29, 1.82) is 0 Å². The van der Waals surface area contributed by atoms with Crippen LogP contribution in [-0.2, 0) is 4.79 Å². The Labute approximate surface area is 98.4 Å². The van der Waals surface area contributed by atoms with E-state index < -0.39 is 5.82 Å². The number of halogens is 2. The molecule has 0 saturated heterocycles. The first-order valence-electron chi connectivity index (χ1n) is 5.27. The molecule has 0 spiro atoms. The molecule has 0 N–H and O–H groups in total. The van der Waals surface area contributed by atoms with Crippen LogP contribution in [0.15, 0.2) is 18.2 Å². The van der Waals surface area contributed by atoms with Crippen LogP contribution in [0.2, 0.25) is 5.02 Å². The third-order valence-corrected chi connectivity index (χ3v) is 2.83. The van der Waals surface area contributed by atoms with E-state index >= 15 is 0 Å². The van der Waals surface area contributed by atoms with Gasteiger partial charge >= 0.3 is 0 Å². The second-order valence-electron chi connectivity index (χ2n) is 3.91. The molecule has 4 heteroatoms. The molecule has 2 nitrogen and oxygen atoms in total. The maximum Gasteiger partial charge on any atom is 0.139 e. The van der Waals surface area contributed by atoms with Crippen molar-refractivity contribution in [3.8, 4) is 5.75 Å². The Bertz CT molecular complexity index is 402. The van der Waals surface area contributed by atoms with Gasteiger partial charge in [0.2, 0.25) is 0 Å². The summed E-state index contributed by atoms with van der Waals surface area (Å²) in [4.78, 5) is 11.4. The molecule has 16 heavy (non-hydrogen) atoms. The van der Waals surface area contributed by atoms with E-state index in [1.165, 1.54) is 18.2 Å². The molecule has 1 aliphatic rings. The molecule has 1 aliphatic carbocycles. The summed E-state index contributed by atoms with van der Waals surface area (Å²) in [5.41, 5.74) is 0. The molecular weight excluding hydrogens is 231 g/mol. The minimum Gasteiger partial charge on any atom is -0.492 e. The van der Waals surface area contributed by atoms with Gasteiger partial charge in [-0.25, -0.2) is 4.39 Å². The van der Waals surface area contributed by atoms with E-state index in [0.29, 0.717) is 18.8 Å². The summed E-state index contributed by atoms with van der Waals surface area (Å²) in [6.45, 7) is 0.306. The SMILES string of the molecule is O=C(CCOc1ccc(F)cc1Cl)C1CC1. The Balaban J connectivity index is 1.82. The summed E-state index contributed by atoms with van der Waals surface area (Å²) in [5, 5.41) is 0.235. The number of ether oxygens (including phenoxy) is 1. The fourth-order valence-corrected chi connectivity index (χ4v) is 1.69. The number of benzene rings is 1. The number of rotatable bonds is 5. The normalized spacial score (nSPS) is 14.9. The predicted molar refractivity (Wildman–Crippen MR) is 59.3 cm³/mol. The number of carbonyl (C=O) groups is 1. The lowest BCUT2D eigenvalue weighted by Crippen LogP contribution is -2.07. The highest BCUT2D eigenvalue weighted by atomic mass is 35.5. The van der Waals surface area contributed by atoms with Crippen molar-refractivity contribution in [3.05, 3.63) is 29.0 Å². The van der Waals surface area contributed by atoms with Gasteiger partial charge < -0.3 is 4.74 Å². The number of hydrogen-bond donors (Lipinski definition) is 0. The van der Waals surface area contributed by atoms with Gasteiger partial charge in [0.1, 0.15) is 17.3 Å². The minimum absolute atomic E-state index is 0.235. The van der Waals surface area contributed by atoms with E-state index in [4.69, 9.17) is 16.3 Å². The Kier molecular flexibility index (Phi) is 3.44. The summed E-state index contributed by atoms with van der Waals surface area (Å²) in [6.07, 6.45) is 2.42. The number of carbonyl (C=O) groups excluding carboxylic acids is 1. The molecule has 86 valence electrons. The van der Waals surface area contributed by atoms with Crippen LogP contribution < -0.4 is 4.74 Å². The maximum absolute atomic E-state index is 12.7. The van der Waals surface area contributed by atoms with Crippen LogP contribution in [0.25, 0.3) is 0 Å². The van der Waals surface area contributed by atoms with Crippen LogP contribution in [-0.4, -0.2) is 12.4 Å². The first-order valence-corrected chi connectivity index (χ1v) is 5.65. The highest BCUT2D eigenvalue weighted by Crippen LogP contribution is 2.31. The van der Waals surface area contributed by atoms with Crippen LogP contribution in [0.3, 0.4) is 0 Å². The van der Waals surface area contributed by atoms with Gasteiger partial charge in [-0.2, -0.15) is 0 Å². The highest BCUT2D eigenvalue weighted by Gasteiger charge is 2.28. The van der Waals surface area contributed by atoms with Gasteiger partial charge in [-0.3, -0.25) is 4.79 Å². The number of hydrogen-bond acceptors (Lipinski definition) is 2. The predicted octanol–water partition coefficient (Wildman–Crippen LogP) is 3.23. The Morgan fingerprint density at radius 3 is 2.88 bits per heavy atom. The topological polar surface area (TPSA) is 26.3 Å². The second kappa shape index (κ2) is 4.83. The third kappa shape index (κ3) is 2.95. The fourth-order valence-electron chi connectivity index (χ4n) is 1.46. The van der Waals surface area contributed by atoms with E-state index in [0.717, 1.165) is 12.8 Å². The molecule has 2 rings (SSSR count). The van der Waals surface area contributed by atoms with Crippen LogP contribution in [0.5, 0.6) is 5.75 Å². The minimum atomic E-state index is -0.397. The van der Waals surface area contributed by atoms with Crippen molar-refractivity contribution < 1.29 is 13.9 Å². The van der Waals surface area contributed by atoms with Gasteiger partial charge in [-0.1, -0.05) is 11.6 Å². The van der Waals surface area contributed by atoms with Crippen molar-refractivity contribution >= 4 is 17.4 Å². The second-order valence-corrected chi connectivity index (χ2v) is 4.32. The summed E-state index contributed by atoms with van der Waals surface area (Å²) < 4.78 is 18.0. The lowest BCUT2D eigenvalue weighted by atomic mass is 10.2. The molecule has 0 heterocycles. The molecule has 0 aliphatic heterocycles. The van der Waals surface area contributed by atoms with E-state index in [-0.39, 0.29) is 16.7 Å². The van der Waals surface area contributed by atoms with Gasteiger partial charge in [0.05, 0.1) is 11.6 Å². The molecule has 0 bridgehead atoms. The Hall–Kier alpha value is -1.09. The lowest BCUT2D eigenvalue weighted by Gasteiger charge is -2.07. The van der Waals surface area contributed by atoms with Gasteiger partial charge in [0.15, 0.2) is 0 Å². The van der Waals surface area contributed by atoms with Crippen molar-refractivity contribution in [2.24, 2.45) is 5.92 Å². The first-order chi connectivity index (χ1) is 7.66. The fraction of sp³-hybridized carbons (Fsp3) is 0.417. The van der Waals surface area contributed by atoms with Crippen LogP contribution in [0.4, 0.5) is 4.39 Å². The average Bonchev–Trinajstić information content (AvgIpc) is 3.04. The molecule has 0 aromatic heterocycles. The zero-order chi connectivity index (χ0) is 11.5. The lowest BCUT2D eigenvalue weighted by molar-refractivity contribution is -0.120. The smallest absolute Gasteiger partial charge is 0.139 e. The molecule has 1 fully saturated rings. The van der Waals surface area contributed by atoms with E-state index in [1.54, 1.807) is 0 Å². The van der Waals surface area contributed by atoms with Crippen molar-refractivity contribution in [3.63, 3.8) is 0 Å². The summed E-state index contributed by atoms with van der Waals surface area (Å²) >= 11 is 5.77. The largest absolute Gasteiger partial charge is 0.492 e. The highest BCUT2D eigenvalue weighted by molar-refractivity contribution is 6.32. The Morgan fingerprint density at radius 1 is 1.50 bits per heavy atom. The monoisotopic (exact) mass is 242 g/mol. The molecular formula is C12H12ClFO2.